The SMILES string of the molecule is CNS(=O)(=O)CCNc1nc(N)nc(OC(C)C)n1. The molecule has 0 unspecified atom stereocenters. The minimum atomic E-state index is -3.28. The van der Waals surface area contributed by atoms with Gasteiger partial charge in [0.2, 0.25) is 21.9 Å². The van der Waals surface area contributed by atoms with E-state index in [0.29, 0.717) is 0 Å². The van der Waals surface area contributed by atoms with E-state index in [9.17, 15) is 8.42 Å². The highest BCUT2D eigenvalue weighted by Gasteiger charge is 2.09. The Morgan fingerprint density at radius 2 is 2.00 bits per heavy atom. The third-order valence-electron chi connectivity index (χ3n) is 1.94. The van der Waals surface area contributed by atoms with Gasteiger partial charge < -0.3 is 15.8 Å². The van der Waals surface area contributed by atoms with Gasteiger partial charge in [0, 0.05) is 6.54 Å². The molecule has 0 atom stereocenters. The number of ether oxygens (including phenoxy) is 1. The van der Waals surface area contributed by atoms with Crippen LogP contribution in [0.15, 0.2) is 0 Å². The second kappa shape index (κ2) is 6.48. The van der Waals surface area contributed by atoms with Crippen LogP contribution in [0.5, 0.6) is 6.01 Å². The molecule has 0 saturated carbocycles. The fraction of sp³-hybridized carbons (Fsp3) is 0.667. The lowest BCUT2D eigenvalue weighted by atomic mass is 10.5. The fourth-order valence-corrected chi connectivity index (χ4v) is 1.69. The summed E-state index contributed by atoms with van der Waals surface area (Å²) >= 11 is 0. The number of anilines is 2. The molecule has 10 heteroatoms. The molecule has 1 aromatic rings. The van der Waals surface area contributed by atoms with E-state index in [4.69, 9.17) is 10.5 Å². The lowest BCUT2D eigenvalue weighted by molar-refractivity contribution is 0.222. The third-order valence-corrected chi connectivity index (χ3v) is 3.30. The maximum atomic E-state index is 11.2. The Hall–Kier alpha value is -1.68. The number of sulfonamides is 1. The zero-order valence-electron chi connectivity index (χ0n) is 11.0. The van der Waals surface area contributed by atoms with Crippen LogP contribution in [0.2, 0.25) is 0 Å². The summed E-state index contributed by atoms with van der Waals surface area (Å²) in [6.45, 7) is 3.80. The molecule has 0 fully saturated rings. The average molecular weight is 290 g/mol. The first-order valence-corrected chi connectivity index (χ1v) is 7.31. The smallest absolute Gasteiger partial charge is 0.323 e. The van der Waals surface area contributed by atoms with Gasteiger partial charge in [0.05, 0.1) is 11.9 Å². The van der Waals surface area contributed by atoms with Crippen LogP contribution in [0, 0.1) is 0 Å². The van der Waals surface area contributed by atoms with Gasteiger partial charge >= 0.3 is 6.01 Å². The minimum Gasteiger partial charge on any atom is -0.461 e. The predicted octanol–water partition coefficient (Wildman–Crippen LogP) is -0.798. The summed E-state index contributed by atoms with van der Waals surface area (Å²) in [6.07, 6.45) is -0.0979. The second-order valence-electron chi connectivity index (χ2n) is 3.92. The number of nitrogens with zero attached hydrogens (tertiary/aromatic N) is 3. The van der Waals surface area contributed by atoms with Gasteiger partial charge in [0.1, 0.15) is 0 Å². The number of hydrogen-bond acceptors (Lipinski definition) is 8. The standard InChI is InChI=1S/C9H18N6O3S/c1-6(2)18-9-14-7(10)13-8(15-9)12-4-5-19(16,17)11-3/h6,11H,4-5H2,1-3H3,(H3,10,12,13,14,15). The van der Waals surface area contributed by atoms with Crippen molar-refractivity contribution in [2.45, 2.75) is 20.0 Å². The van der Waals surface area contributed by atoms with E-state index in [1.54, 1.807) is 0 Å². The number of aromatic nitrogens is 3. The molecule has 108 valence electrons. The van der Waals surface area contributed by atoms with Crippen molar-refractivity contribution in [3.8, 4) is 6.01 Å². The number of nitrogens with one attached hydrogen (secondary N) is 2. The highest BCUT2D eigenvalue weighted by Crippen LogP contribution is 2.10. The Bertz CT molecular complexity index is 519. The summed E-state index contributed by atoms with van der Waals surface area (Å²) in [5.74, 6) is 0.0780. The average Bonchev–Trinajstić information content (AvgIpc) is 2.27. The summed E-state index contributed by atoms with van der Waals surface area (Å²) in [4.78, 5) is 11.6. The maximum absolute atomic E-state index is 11.2. The van der Waals surface area contributed by atoms with Crippen LogP contribution in [0.4, 0.5) is 11.9 Å². The summed E-state index contributed by atoms with van der Waals surface area (Å²) in [5.41, 5.74) is 5.51. The van der Waals surface area contributed by atoms with Crippen LogP contribution in [0.1, 0.15) is 13.8 Å². The molecule has 0 aromatic carbocycles. The van der Waals surface area contributed by atoms with Gasteiger partial charge in [-0.05, 0) is 20.9 Å². The van der Waals surface area contributed by atoms with E-state index < -0.39 is 10.0 Å². The van der Waals surface area contributed by atoms with E-state index >= 15 is 0 Å². The molecule has 0 amide bonds. The largest absolute Gasteiger partial charge is 0.461 e. The van der Waals surface area contributed by atoms with Crippen molar-refractivity contribution in [1.82, 2.24) is 19.7 Å². The van der Waals surface area contributed by atoms with Crippen LogP contribution in [0.25, 0.3) is 0 Å². The summed E-state index contributed by atoms with van der Waals surface area (Å²) in [6, 6.07) is 0.0986. The van der Waals surface area contributed by atoms with E-state index in [2.05, 4.69) is 25.0 Å². The summed E-state index contributed by atoms with van der Waals surface area (Å²) in [7, 11) is -1.92. The first-order chi connectivity index (χ1) is 8.82. The monoisotopic (exact) mass is 290 g/mol. The normalized spacial score (nSPS) is 11.6. The first kappa shape index (κ1) is 15.4. The lowest BCUT2D eigenvalue weighted by Crippen LogP contribution is -2.26. The van der Waals surface area contributed by atoms with E-state index in [1.807, 2.05) is 13.8 Å². The van der Waals surface area contributed by atoms with Crippen molar-refractivity contribution >= 4 is 21.9 Å². The van der Waals surface area contributed by atoms with Gasteiger partial charge in [-0.25, -0.2) is 13.1 Å². The summed E-state index contributed by atoms with van der Waals surface area (Å²) < 4.78 is 29.9. The molecule has 4 N–H and O–H groups in total. The van der Waals surface area contributed by atoms with Crippen LogP contribution in [-0.2, 0) is 10.0 Å². The van der Waals surface area contributed by atoms with Gasteiger partial charge in [-0.2, -0.15) is 15.0 Å². The Morgan fingerprint density at radius 1 is 1.32 bits per heavy atom. The molecule has 0 aliphatic rings. The molecule has 1 rings (SSSR count). The molecule has 0 aliphatic heterocycles. The molecule has 0 aliphatic carbocycles. The Balaban J connectivity index is 2.66. The molecule has 9 nitrogen and oxygen atoms in total. The number of nitrogens with two attached hydrogens (primary N) is 1. The van der Waals surface area contributed by atoms with Crippen LogP contribution >= 0.6 is 0 Å². The lowest BCUT2D eigenvalue weighted by Gasteiger charge is -2.10. The van der Waals surface area contributed by atoms with Gasteiger partial charge in [-0.15, -0.1) is 0 Å². The highest BCUT2D eigenvalue weighted by molar-refractivity contribution is 7.89. The van der Waals surface area contributed by atoms with Crippen LogP contribution in [0.3, 0.4) is 0 Å². The Morgan fingerprint density at radius 3 is 2.58 bits per heavy atom. The molecule has 1 heterocycles. The first-order valence-electron chi connectivity index (χ1n) is 5.65. The van der Waals surface area contributed by atoms with Gasteiger partial charge in [-0.3, -0.25) is 0 Å². The maximum Gasteiger partial charge on any atom is 0.323 e. The minimum absolute atomic E-state index is 0.00428. The highest BCUT2D eigenvalue weighted by atomic mass is 32.2. The molecule has 0 bridgehead atoms. The summed E-state index contributed by atoms with van der Waals surface area (Å²) in [5, 5.41) is 2.75. The second-order valence-corrected chi connectivity index (χ2v) is 5.96. The molecular weight excluding hydrogens is 272 g/mol. The number of nitrogen functional groups attached to an aromatic ring is 1. The molecule has 1 aromatic heterocycles. The van der Waals surface area contributed by atoms with Crippen molar-refractivity contribution in [2.75, 3.05) is 30.4 Å². The van der Waals surface area contributed by atoms with Gasteiger partial charge in [0.25, 0.3) is 0 Å². The molecule has 19 heavy (non-hydrogen) atoms. The van der Waals surface area contributed by atoms with Crippen LogP contribution in [-0.4, -0.2) is 48.8 Å². The van der Waals surface area contributed by atoms with Crippen molar-refractivity contribution in [3.63, 3.8) is 0 Å². The van der Waals surface area contributed by atoms with E-state index in [-0.39, 0.29) is 36.3 Å². The topological polar surface area (TPSA) is 132 Å². The van der Waals surface area contributed by atoms with Gasteiger partial charge in [0.15, 0.2) is 0 Å². The Labute approximate surface area is 112 Å². The molecular formula is C9H18N6O3S. The van der Waals surface area contributed by atoms with E-state index in [0.717, 1.165) is 0 Å². The number of rotatable bonds is 7. The molecule has 0 saturated heterocycles. The zero-order valence-corrected chi connectivity index (χ0v) is 11.9. The zero-order chi connectivity index (χ0) is 14.5. The quantitative estimate of drug-likeness (QED) is 0.594. The molecule has 0 radical (unpaired) electrons. The number of hydrogen-bond donors (Lipinski definition) is 3. The van der Waals surface area contributed by atoms with Crippen molar-refractivity contribution in [3.05, 3.63) is 0 Å². The van der Waals surface area contributed by atoms with E-state index in [1.165, 1.54) is 7.05 Å². The Kier molecular flexibility index (Phi) is 5.24. The van der Waals surface area contributed by atoms with Crippen molar-refractivity contribution < 1.29 is 13.2 Å². The van der Waals surface area contributed by atoms with Gasteiger partial charge in [-0.1, -0.05) is 0 Å². The molecule has 0 spiro atoms. The van der Waals surface area contributed by atoms with Crippen molar-refractivity contribution in [1.29, 1.82) is 0 Å². The fourth-order valence-electron chi connectivity index (χ4n) is 1.11. The van der Waals surface area contributed by atoms with Crippen molar-refractivity contribution in [2.24, 2.45) is 0 Å². The third kappa shape index (κ3) is 5.66. The predicted molar refractivity (Wildman–Crippen MR) is 71.3 cm³/mol. The van der Waals surface area contributed by atoms with Crippen LogP contribution < -0.4 is 20.5 Å².